The Kier molecular flexibility index (Phi) is 8.19. The molecule has 0 amide bonds. The third kappa shape index (κ3) is 6.20. The van der Waals surface area contributed by atoms with Crippen LogP contribution in [0.25, 0.3) is 0 Å². The van der Waals surface area contributed by atoms with Crippen molar-refractivity contribution in [1.29, 1.82) is 0 Å². The second-order valence-electron chi connectivity index (χ2n) is 3.08. The van der Waals surface area contributed by atoms with E-state index in [0.717, 1.165) is 19.3 Å². The minimum atomic E-state index is 0.0966. The highest BCUT2D eigenvalue weighted by atomic mass is 16.5. The molecule has 12 heavy (non-hydrogen) atoms. The maximum Gasteiger partial charge on any atom is 0.417 e. The van der Waals surface area contributed by atoms with Gasteiger partial charge < -0.3 is 4.74 Å². The molecule has 0 aliphatic heterocycles. The molecule has 0 rings (SSSR count). The van der Waals surface area contributed by atoms with Gasteiger partial charge in [0, 0.05) is 0 Å². The fourth-order valence-electron chi connectivity index (χ4n) is 1.21. The van der Waals surface area contributed by atoms with Gasteiger partial charge >= 0.3 is 6.47 Å². The van der Waals surface area contributed by atoms with E-state index in [-0.39, 0.29) is 6.10 Å². The van der Waals surface area contributed by atoms with Gasteiger partial charge in [0.2, 0.25) is 0 Å². The molecule has 0 bridgehead atoms. The second-order valence-corrected chi connectivity index (χ2v) is 3.08. The molecule has 0 N–H and O–H groups in total. The van der Waals surface area contributed by atoms with Crippen molar-refractivity contribution in [2.75, 3.05) is 0 Å². The van der Waals surface area contributed by atoms with Crippen molar-refractivity contribution in [3.63, 3.8) is 0 Å². The second kappa shape index (κ2) is 8.57. The van der Waals surface area contributed by atoms with Gasteiger partial charge in [0.15, 0.2) is 0 Å². The van der Waals surface area contributed by atoms with Crippen LogP contribution >= 0.6 is 0 Å². The Morgan fingerprint density at radius 2 is 2.00 bits per heavy atom. The lowest BCUT2D eigenvalue weighted by Crippen LogP contribution is -2.10. The van der Waals surface area contributed by atoms with Crippen LogP contribution in [0.5, 0.6) is 0 Å². The molecule has 0 saturated heterocycles. The van der Waals surface area contributed by atoms with Crippen LogP contribution in [0.2, 0.25) is 0 Å². The molecule has 71 valence electrons. The van der Waals surface area contributed by atoms with Crippen LogP contribution in [0.3, 0.4) is 0 Å². The number of unbranched alkanes of at least 4 members (excludes halogenated alkanes) is 3. The molecule has 0 aromatic carbocycles. The van der Waals surface area contributed by atoms with Crippen molar-refractivity contribution >= 4 is 6.47 Å². The Hall–Kier alpha value is -0.530. The van der Waals surface area contributed by atoms with E-state index in [4.69, 9.17) is 4.74 Å². The van der Waals surface area contributed by atoms with Crippen molar-refractivity contribution in [2.45, 2.75) is 58.5 Å². The highest BCUT2D eigenvalue weighted by Crippen LogP contribution is 2.09. The molecule has 0 fully saturated rings. The first-order chi connectivity index (χ1) is 5.85. The quantitative estimate of drug-likeness (QED) is 0.525. The highest BCUT2D eigenvalue weighted by Gasteiger charge is 2.05. The molecule has 0 aromatic rings. The summed E-state index contributed by atoms with van der Waals surface area (Å²) in [6, 6.07) is 0. The topological polar surface area (TPSA) is 26.3 Å². The Morgan fingerprint density at radius 3 is 2.50 bits per heavy atom. The van der Waals surface area contributed by atoms with E-state index < -0.39 is 0 Å². The van der Waals surface area contributed by atoms with Gasteiger partial charge in [-0.2, -0.15) is 0 Å². The predicted molar refractivity (Wildman–Crippen MR) is 49.6 cm³/mol. The van der Waals surface area contributed by atoms with Gasteiger partial charge in [-0.25, -0.2) is 4.79 Å². The van der Waals surface area contributed by atoms with Gasteiger partial charge in [-0.15, -0.1) is 0 Å². The van der Waals surface area contributed by atoms with E-state index in [1.807, 2.05) is 6.92 Å². The summed E-state index contributed by atoms with van der Waals surface area (Å²) in [4.78, 5) is 9.92. The van der Waals surface area contributed by atoms with Gasteiger partial charge in [-0.05, 0) is 19.3 Å². The Balaban J connectivity index is 3.25. The van der Waals surface area contributed by atoms with Crippen molar-refractivity contribution in [2.24, 2.45) is 0 Å². The van der Waals surface area contributed by atoms with Gasteiger partial charge in [-0.1, -0.05) is 33.1 Å². The Labute approximate surface area is 75.3 Å². The molecule has 0 heterocycles. The molecule has 1 atom stereocenters. The zero-order chi connectivity index (χ0) is 9.23. The first-order valence-corrected chi connectivity index (χ1v) is 4.87. The summed E-state index contributed by atoms with van der Waals surface area (Å²) in [5, 5.41) is 0. The standard InChI is InChI=1S/C10H19O2/c1-3-5-6-7-8-10(4-2)12-9-11/h10H,3-8H2,1-2H3. The Bertz CT molecular complexity index is 102. The summed E-state index contributed by atoms with van der Waals surface area (Å²) in [5.41, 5.74) is 0. The third-order valence-corrected chi connectivity index (χ3v) is 2.05. The van der Waals surface area contributed by atoms with Crippen LogP contribution < -0.4 is 0 Å². The minimum Gasteiger partial charge on any atom is -0.454 e. The zero-order valence-corrected chi connectivity index (χ0v) is 8.14. The van der Waals surface area contributed by atoms with Crippen LogP contribution in [0.1, 0.15) is 52.4 Å². The number of ether oxygens (including phenoxy) is 1. The van der Waals surface area contributed by atoms with Gasteiger partial charge in [-0.3, -0.25) is 0 Å². The van der Waals surface area contributed by atoms with Crippen LogP contribution in [-0.4, -0.2) is 12.6 Å². The summed E-state index contributed by atoms with van der Waals surface area (Å²) in [7, 11) is 0. The highest BCUT2D eigenvalue weighted by molar-refractivity contribution is 5.38. The SMILES string of the molecule is CCCCCCC(CC)O[C]=O. The van der Waals surface area contributed by atoms with E-state index in [1.165, 1.54) is 25.7 Å². The first-order valence-electron chi connectivity index (χ1n) is 4.87. The van der Waals surface area contributed by atoms with Crippen LogP contribution in [0, 0.1) is 0 Å². The minimum absolute atomic E-state index is 0.0966. The lowest BCUT2D eigenvalue weighted by Gasteiger charge is -2.10. The molecule has 2 heteroatoms. The van der Waals surface area contributed by atoms with Gasteiger partial charge in [0.1, 0.15) is 6.10 Å². The molecule has 2 nitrogen and oxygen atoms in total. The first kappa shape index (κ1) is 11.5. The molecule has 1 radical (unpaired) electrons. The van der Waals surface area contributed by atoms with Crippen LogP contribution in [-0.2, 0) is 9.53 Å². The van der Waals surface area contributed by atoms with E-state index >= 15 is 0 Å². The van der Waals surface area contributed by atoms with E-state index in [0.29, 0.717) is 0 Å². The normalized spacial score (nSPS) is 12.5. The largest absolute Gasteiger partial charge is 0.454 e. The molecule has 0 aliphatic rings. The molecule has 0 saturated carbocycles. The maximum atomic E-state index is 9.92. The summed E-state index contributed by atoms with van der Waals surface area (Å²) < 4.78 is 4.77. The molecule has 0 aliphatic carbocycles. The van der Waals surface area contributed by atoms with E-state index in [2.05, 4.69) is 6.92 Å². The van der Waals surface area contributed by atoms with Crippen LogP contribution in [0.4, 0.5) is 0 Å². The lowest BCUT2D eigenvalue weighted by molar-refractivity contribution is 0.159. The average molecular weight is 171 g/mol. The van der Waals surface area contributed by atoms with E-state index in [1.54, 1.807) is 0 Å². The van der Waals surface area contributed by atoms with Crippen molar-refractivity contribution in [1.82, 2.24) is 0 Å². The predicted octanol–water partition coefficient (Wildman–Crippen LogP) is 2.82. The number of carbonyl (C=O) groups excluding carboxylic acids is 1. The fourth-order valence-corrected chi connectivity index (χ4v) is 1.21. The number of hydrogen-bond donors (Lipinski definition) is 0. The zero-order valence-electron chi connectivity index (χ0n) is 8.14. The smallest absolute Gasteiger partial charge is 0.417 e. The van der Waals surface area contributed by atoms with Gasteiger partial charge in [0.05, 0.1) is 0 Å². The van der Waals surface area contributed by atoms with E-state index in [9.17, 15) is 4.79 Å². The third-order valence-electron chi connectivity index (χ3n) is 2.05. The van der Waals surface area contributed by atoms with Crippen LogP contribution in [0.15, 0.2) is 0 Å². The maximum absolute atomic E-state index is 9.92. The average Bonchev–Trinajstić information content (AvgIpc) is 2.10. The Morgan fingerprint density at radius 1 is 1.25 bits per heavy atom. The summed E-state index contributed by atoms with van der Waals surface area (Å²) >= 11 is 0. The number of rotatable bonds is 8. The summed E-state index contributed by atoms with van der Waals surface area (Å²) in [6.45, 7) is 5.73. The summed E-state index contributed by atoms with van der Waals surface area (Å²) in [6.07, 6.45) is 6.93. The lowest BCUT2D eigenvalue weighted by atomic mass is 10.1. The summed E-state index contributed by atoms with van der Waals surface area (Å²) in [5.74, 6) is 0. The molecular formula is C10H19O2. The van der Waals surface area contributed by atoms with Crippen molar-refractivity contribution in [3.8, 4) is 0 Å². The van der Waals surface area contributed by atoms with Crippen molar-refractivity contribution < 1.29 is 9.53 Å². The fraction of sp³-hybridized carbons (Fsp3) is 0.900. The van der Waals surface area contributed by atoms with Crippen molar-refractivity contribution in [3.05, 3.63) is 0 Å². The molecule has 0 spiro atoms. The molecule has 0 aromatic heterocycles. The number of hydrogen-bond acceptors (Lipinski definition) is 2. The van der Waals surface area contributed by atoms with Gasteiger partial charge in [0.25, 0.3) is 0 Å². The monoisotopic (exact) mass is 171 g/mol. The molecule has 1 unspecified atom stereocenters. The molecular weight excluding hydrogens is 152 g/mol.